The molecule has 1 aromatic carbocycles. The molecule has 0 radical (unpaired) electrons. The Morgan fingerprint density at radius 3 is 2.32 bits per heavy atom. The standard InChI is InChI=1S/C13H10F2N2O2/c1-7-3-11(17-12(16-7)13(18)19-2)8-4-9(14)6-10(15)5-8/h3-6H,1-2H3. The van der Waals surface area contributed by atoms with Gasteiger partial charge in [-0.15, -0.1) is 0 Å². The Hall–Kier alpha value is -2.37. The normalized spacial score (nSPS) is 10.3. The van der Waals surface area contributed by atoms with Crippen LogP contribution in [0, 0.1) is 18.6 Å². The highest BCUT2D eigenvalue weighted by molar-refractivity contribution is 5.85. The van der Waals surface area contributed by atoms with Crippen LogP contribution in [0.1, 0.15) is 16.3 Å². The number of aryl methyl sites for hydroxylation is 1. The van der Waals surface area contributed by atoms with E-state index >= 15 is 0 Å². The van der Waals surface area contributed by atoms with Gasteiger partial charge < -0.3 is 4.74 Å². The van der Waals surface area contributed by atoms with Crippen LogP contribution >= 0.6 is 0 Å². The molecule has 4 nitrogen and oxygen atoms in total. The molecule has 0 aliphatic carbocycles. The van der Waals surface area contributed by atoms with Gasteiger partial charge in [0.05, 0.1) is 12.8 Å². The minimum absolute atomic E-state index is 0.151. The molecule has 19 heavy (non-hydrogen) atoms. The average Bonchev–Trinajstić information content (AvgIpc) is 2.36. The number of carbonyl (C=O) groups excluding carboxylic acids is 1. The molecule has 0 saturated heterocycles. The fourth-order valence-corrected chi connectivity index (χ4v) is 1.60. The van der Waals surface area contributed by atoms with Crippen molar-refractivity contribution in [3.8, 4) is 11.3 Å². The maximum atomic E-state index is 13.2. The van der Waals surface area contributed by atoms with Gasteiger partial charge in [0.15, 0.2) is 0 Å². The minimum Gasteiger partial charge on any atom is -0.463 e. The number of hydrogen-bond acceptors (Lipinski definition) is 4. The van der Waals surface area contributed by atoms with Crippen LogP contribution in [0.2, 0.25) is 0 Å². The predicted molar refractivity (Wildman–Crippen MR) is 63.5 cm³/mol. The number of nitrogens with zero attached hydrogens (tertiary/aromatic N) is 2. The highest BCUT2D eigenvalue weighted by atomic mass is 19.1. The molecule has 0 bridgehead atoms. The van der Waals surface area contributed by atoms with Gasteiger partial charge in [0.25, 0.3) is 0 Å². The van der Waals surface area contributed by atoms with Gasteiger partial charge in [-0.25, -0.2) is 23.5 Å². The van der Waals surface area contributed by atoms with E-state index < -0.39 is 17.6 Å². The number of rotatable bonds is 2. The Morgan fingerprint density at radius 1 is 1.11 bits per heavy atom. The number of halogens is 2. The van der Waals surface area contributed by atoms with E-state index in [9.17, 15) is 13.6 Å². The molecule has 0 aliphatic rings. The molecule has 1 aromatic heterocycles. The van der Waals surface area contributed by atoms with Crippen molar-refractivity contribution >= 4 is 5.97 Å². The first-order valence-electron chi connectivity index (χ1n) is 5.40. The Morgan fingerprint density at radius 2 is 1.74 bits per heavy atom. The van der Waals surface area contributed by atoms with Crippen LogP contribution in [0.15, 0.2) is 24.3 Å². The molecule has 0 N–H and O–H groups in total. The topological polar surface area (TPSA) is 52.1 Å². The van der Waals surface area contributed by atoms with Crippen LogP contribution in [-0.4, -0.2) is 23.0 Å². The third-order valence-corrected chi connectivity index (χ3v) is 2.38. The quantitative estimate of drug-likeness (QED) is 0.782. The summed E-state index contributed by atoms with van der Waals surface area (Å²) < 4.78 is 30.8. The Balaban J connectivity index is 2.55. The zero-order valence-corrected chi connectivity index (χ0v) is 10.3. The smallest absolute Gasteiger partial charge is 0.376 e. The summed E-state index contributed by atoms with van der Waals surface area (Å²) >= 11 is 0. The molecule has 0 unspecified atom stereocenters. The van der Waals surface area contributed by atoms with E-state index in [0.717, 1.165) is 18.2 Å². The number of carbonyl (C=O) groups is 1. The summed E-state index contributed by atoms with van der Waals surface area (Å²) in [6.45, 7) is 1.65. The van der Waals surface area contributed by atoms with Crippen molar-refractivity contribution in [1.29, 1.82) is 0 Å². The summed E-state index contributed by atoms with van der Waals surface area (Å²) in [5.74, 6) is -2.29. The lowest BCUT2D eigenvalue weighted by molar-refractivity contribution is 0.0586. The molecule has 0 spiro atoms. The van der Waals surface area contributed by atoms with Gasteiger partial charge in [-0.2, -0.15) is 0 Å². The fourth-order valence-electron chi connectivity index (χ4n) is 1.60. The first-order valence-corrected chi connectivity index (χ1v) is 5.40. The third-order valence-electron chi connectivity index (χ3n) is 2.38. The van der Waals surface area contributed by atoms with Crippen molar-refractivity contribution in [1.82, 2.24) is 9.97 Å². The fraction of sp³-hybridized carbons (Fsp3) is 0.154. The molecule has 2 aromatic rings. The molecule has 0 amide bonds. The summed E-state index contributed by atoms with van der Waals surface area (Å²) in [6, 6.07) is 4.55. The SMILES string of the molecule is COC(=O)c1nc(C)cc(-c2cc(F)cc(F)c2)n1. The first kappa shape index (κ1) is 13.1. The Kier molecular flexibility index (Phi) is 3.50. The van der Waals surface area contributed by atoms with Crippen LogP contribution < -0.4 is 0 Å². The second-order valence-corrected chi connectivity index (χ2v) is 3.87. The van der Waals surface area contributed by atoms with Gasteiger partial charge in [-0.05, 0) is 25.1 Å². The van der Waals surface area contributed by atoms with Gasteiger partial charge in [0.1, 0.15) is 11.6 Å². The van der Waals surface area contributed by atoms with Crippen LogP contribution in [0.5, 0.6) is 0 Å². The van der Waals surface area contributed by atoms with E-state index in [1.165, 1.54) is 13.2 Å². The van der Waals surface area contributed by atoms with Gasteiger partial charge in [0, 0.05) is 17.3 Å². The van der Waals surface area contributed by atoms with Gasteiger partial charge in [-0.3, -0.25) is 0 Å². The maximum Gasteiger partial charge on any atom is 0.376 e. The van der Waals surface area contributed by atoms with Gasteiger partial charge >= 0.3 is 5.97 Å². The molecule has 98 valence electrons. The molecule has 0 aliphatic heterocycles. The molecular weight excluding hydrogens is 254 g/mol. The van der Waals surface area contributed by atoms with Crippen molar-refractivity contribution < 1.29 is 18.3 Å². The van der Waals surface area contributed by atoms with Crippen molar-refractivity contribution in [3.05, 3.63) is 47.4 Å². The summed E-state index contributed by atoms with van der Waals surface area (Å²) in [7, 11) is 1.20. The van der Waals surface area contributed by atoms with Crippen molar-refractivity contribution in [2.24, 2.45) is 0 Å². The van der Waals surface area contributed by atoms with E-state index in [2.05, 4.69) is 14.7 Å². The third kappa shape index (κ3) is 2.90. The largest absolute Gasteiger partial charge is 0.463 e. The van der Waals surface area contributed by atoms with E-state index in [-0.39, 0.29) is 17.1 Å². The van der Waals surface area contributed by atoms with Crippen molar-refractivity contribution in [2.45, 2.75) is 6.92 Å². The van der Waals surface area contributed by atoms with Gasteiger partial charge in [-0.1, -0.05) is 0 Å². The number of ether oxygens (including phenoxy) is 1. The Labute approximate surface area is 108 Å². The number of hydrogen-bond donors (Lipinski definition) is 0. The summed E-state index contributed by atoms with van der Waals surface area (Å²) in [5.41, 5.74) is 0.981. The number of methoxy groups -OCH3 is 1. The molecule has 1 heterocycles. The van der Waals surface area contributed by atoms with Crippen LogP contribution in [0.25, 0.3) is 11.3 Å². The van der Waals surface area contributed by atoms with Crippen molar-refractivity contribution in [2.75, 3.05) is 7.11 Å². The molecular formula is C13H10F2N2O2. The molecule has 0 saturated carbocycles. The van der Waals surface area contributed by atoms with E-state index in [0.29, 0.717) is 5.69 Å². The zero-order valence-electron chi connectivity index (χ0n) is 10.3. The molecule has 6 heteroatoms. The van der Waals surface area contributed by atoms with E-state index in [4.69, 9.17) is 0 Å². The highest BCUT2D eigenvalue weighted by Gasteiger charge is 2.13. The van der Waals surface area contributed by atoms with Crippen molar-refractivity contribution in [3.63, 3.8) is 0 Å². The number of benzene rings is 1. The predicted octanol–water partition coefficient (Wildman–Crippen LogP) is 2.52. The zero-order chi connectivity index (χ0) is 14.0. The lowest BCUT2D eigenvalue weighted by Gasteiger charge is -2.05. The number of esters is 1. The van der Waals surface area contributed by atoms with Crippen LogP contribution in [0.4, 0.5) is 8.78 Å². The monoisotopic (exact) mass is 264 g/mol. The molecule has 0 fully saturated rings. The lowest BCUT2D eigenvalue weighted by atomic mass is 10.1. The summed E-state index contributed by atoms with van der Waals surface area (Å²) in [6.07, 6.45) is 0. The second kappa shape index (κ2) is 5.09. The highest BCUT2D eigenvalue weighted by Crippen LogP contribution is 2.20. The van der Waals surface area contributed by atoms with Crippen LogP contribution in [-0.2, 0) is 4.74 Å². The lowest BCUT2D eigenvalue weighted by Crippen LogP contribution is -2.09. The molecule has 2 rings (SSSR count). The Bertz CT molecular complexity index is 624. The number of aromatic nitrogens is 2. The van der Waals surface area contributed by atoms with Crippen LogP contribution in [0.3, 0.4) is 0 Å². The summed E-state index contributed by atoms with van der Waals surface area (Å²) in [4.78, 5) is 19.2. The maximum absolute atomic E-state index is 13.2. The van der Waals surface area contributed by atoms with Gasteiger partial charge in [0.2, 0.25) is 5.82 Å². The van der Waals surface area contributed by atoms with E-state index in [1.807, 2.05) is 0 Å². The van der Waals surface area contributed by atoms with E-state index in [1.54, 1.807) is 6.92 Å². The second-order valence-electron chi connectivity index (χ2n) is 3.87. The first-order chi connectivity index (χ1) is 8.99. The summed E-state index contributed by atoms with van der Waals surface area (Å²) in [5, 5.41) is 0. The molecule has 0 atom stereocenters. The average molecular weight is 264 g/mol. The minimum atomic E-state index is -0.717.